The molecule has 242 valence electrons. The summed E-state index contributed by atoms with van der Waals surface area (Å²) in [4.78, 5) is 24.0. The number of amidine groups is 1. The van der Waals surface area contributed by atoms with Crippen LogP contribution in [0.25, 0.3) is 28.0 Å². The smallest absolute Gasteiger partial charge is 0.403 e. The van der Waals surface area contributed by atoms with E-state index in [4.69, 9.17) is 16.2 Å². The van der Waals surface area contributed by atoms with Gasteiger partial charge in [-0.25, -0.2) is 9.18 Å². The summed E-state index contributed by atoms with van der Waals surface area (Å²) in [6.07, 6.45) is -1.28. The lowest BCUT2D eigenvalue weighted by molar-refractivity contribution is -0.275. The third-order valence-electron chi connectivity index (χ3n) is 6.96. The van der Waals surface area contributed by atoms with E-state index in [9.17, 15) is 18.0 Å². The lowest BCUT2D eigenvalue weighted by Gasteiger charge is -2.15. The van der Waals surface area contributed by atoms with Gasteiger partial charge in [-0.05, 0) is 80.6 Å². The standard InChI is InChI=1S/C31H37F4N7O3/c1-19(36)39-12-4-11-38-16-20-7-9-24(10-8-20)42-17-22-15-26(40-29(22)41-30(42)43)25-13-21(5-3-6-23(37)18-44-2)14-27(28(25)32)45-31(33,34)35/h7-10,13-15,17,23,38H,3-6,11-12,16,18,37H2,1-2H3,(H2,36,39)(H,40,41,43). The molecular weight excluding hydrogens is 594 g/mol. The molecule has 10 nitrogen and oxygen atoms in total. The molecule has 1 atom stereocenters. The van der Waals surface area contributed by atoms with E-state index < -0.39 is 23.6 Å². The van der Waals surface area contributed by atoms with Gasteiger partial charge in [-0.15, -0.1) is 13.2 Å². The number of H-pyrrole nitrogens is 1. The molecule has 4 rings (SSSR count). The number of benzene rings is 2. The fourth-order valence-corrected chi connectivity index (χ4v) is 4.85. The number of aliphatic imine (C=N–C) groups is 1. The van der Waals surface area contributed by atoms with E-state index in [-0.39, 0.29) is 22.9 Å². The summed E-state index contributed by atoms with van der Waals surface area (Å²) in [5.41, 5.74) is 13.1. The van der Waals surface area contributed by atoms with Crippen LogP contribution in [0.15, 0.2) is 58.4 Å². The van der Waals surface area contributed by atoms with Crippen LogP contribution >= 0.6 is 0 Å². The maximum absolute atomic E-state index is 15.4. The molecule has 0 aliphatic rings. The fraction of sp³-hybridized carbons (Fsp3) is 0.387. The van der Waals surface area contributed by atoms with Gasteiger partial charge in [0.15, 0.2) is 11.6 Å². The fourth-order valence-electron chi connectivity index (χ4n) is 4.85. The summed E-state index contributed by atoms with van der Waals surface area (Å²) < 4.78 is 65.1. The summed E-state index contributed by atoms with van der Waals surface area (Å²) >= 11 is 0. The number of nitrogens with zero attached hydrogens (tertiary/aromatic N) is 3. The lowest BCUT2D eigenvalue weighted by atomic mass is 10.0. The van der Waals surface area contributed by atoms with Crippen LogP contribution in [0.5, 0.6) is 5.75 Å². The van der Waals surface area contributed by atoms with E-state index in [1.165, 1.54) is 23.8 Å². The Morgan fingerprint density at radius 1 is 1.16 bits per heavy atom. The Bertz CT molecular complexity index is 1660. The van der Waals surface area contributed by atoms with Crippen molar-refractivity contribution in [3.63, 3.8) is 0 Å². The average molecular weight is 632 g/mol. The van der Waals surface area contributed by atoms with Gasteiger partial charge in [0.25, 0.3) is 0 Å². The van der Waals surface area contributed by atoms with Crippen LogP contribution in [0.4, 0.5) is 17.6 Å². The second-order valence-electron chi connectivity index (χ2n) is 10.7. The Morgan fingerprint density at radius 3 is 2.60 bits per heavy atom. The normalized spacial score (nSPS) is 13.0. The number of aryl methyl sites for hydroxylation is 1. The molecule has 0 spiro atoms. The van der Waals surface area contributed by atoms with Crippen molar-refractivity contribution in [1.82, 2.24) is 19.9 Å². The number of ether oxygens (including phenoxy) is 2. The van der Waals surface area contributed by atoms with Crippen LogP contribution in [0, 0.1) is 5.82 Å². The van der Waals surface area contributed by atoms with Crippen molar-refractivity contribution in [3.05, 3.63) is 76.1 Å². The number of halogens is 4. The number of hydrogen-bond acceptors (Lipinski definition) is 7. The first-order chi connectivity index (χ1) is 21.4. The summed E-state index contributed by atoms with van der Waals surface area (Å²) in [5.74, 6) is -1.59. The van der Waals surface area contributed by atoms with Gasteiger partial charge >= 0.3 is 12.1 Å². The zero-order valence-corrected chi connectivity index (χ0v) is 25.1. The molecule has 0 saturated carbocycles. The molecular formula is C31H37F4N7O3. The lowest BCUT2D eigenvalue weighted by Crippen LogP contribution is -2.25. The molecule has 4 aromatic rings. The number of rotatable bonds is 15. The second-order valence-corrected chi connectivity index (χ2v) is 10.7. The molecule has 2 aromatic carbocycles. The van der Waals surface area contributed by atoms with Crippen molar-refractivity contribution in [1.29, 1.82) is 0 Å². The van der Waals surface area contributed by atoms with E-state index >= 15 is 4.39 Å². The van der Waals surface area contributed by atoms with Crippen molar-refractivity contribution in [2.75, 3.05) is 26.8 Å². The molecule has 0 saturated heterocycles. The van der Waals surface area contributed by atoms with E-state index in [0.717, 1.165) is 24.6 Å². The van der Waals surface area contributed by atoms with Crippen LogP contribution in [0.1, 0.15) is 37.3 Å². The molecule has 0 aliphatic carbocycles. The molecule has 14 heteroatoms. The van der Waals surface area contributed by atoms with Crippen LogP contribution in [0.2, 0.25) is 0 Å². The zero-order chi connectivity index (χ0) is 32.6. The highest BCUT2D eigenvalue weighted by molar-refractivity contribution is 5.83. The monoisotopic (exact) mass is 631 g/mol. The van der Waals surface area contributed by atoms with E-state index in [0.29, 0.717) is 61.4 Å². The molecule has 45 heavy (non-hydrogen) atoms. The second kappa shape index (κ2) is 15.1. The summed E-state index contributed by atoms with van der Waals surface area (Å²) in [7, 11) is 1.53. The minimum absolute atomic E-state index is 0.144. The topological polar surface area (TPSA) is 146 Å². The highest BCUT2D eigenvalue weighted by Crippen LogP contribution is 2.35. The number of hydrogen-bond donors (Lipinski definition) is 4. The van der Waals surface area contributed by atoms with Crippen molar-refractivity contribution >= 4 is 16.9 Å². The van der Waals surface area contributed by atoms with Gasteiger partial charge in [0, 0.05) is 43.4 Å². The maximum Gasteiger partial charge on any atom is 0.573 e. The molecule has 0 amide bonds. The van der Waals surface area contributed by atoms with Crippen molar-refractivity contribution < 1.29 is 27.0 Å². The Morgan fingerprint density at radius 2 is 1.91 bits per heavy atom. The van der Waals surface area contributed by atoms with Gasteiger partial charge in [0.05, 0.1) is 23.8 Å². The quantitative estimate of drug-likeness (QED) is 0.0651. The molecule has 0 radical (unpaired) electrons. The molecule has 0 fully saturated rings. The van der Waals surface area contributed by atoms with E-state index in [1.54, 1.807) is 25.3 Å². The van der Waals surface area contributed by atoms with Crippen LogP contribution in [0.3, 0.4) is 0 Å². The van der Waals surface area contributed by atoms with Gasteiger partial charge in [-0.1, -0.05) is 12.1 Å². The van der Waals surface area contributed by atoms with Gasteiger partial charge in [-0.2, -0.15) is 4.98 Å². The number of methoxy groups -OCH3 is 1. The minimum atomic E-state index is -5.09. The number of fused-ring (bicyclic) bond motifs is 1. The summed E-state index contributed by atoms with van der Waals surface area (Å²) in [5, 5.41) is 3.78. The number of aromatic nitrogens is 3. The third-order valence-corrected chi connectivity index (χ3v) is 6.96. The first-order valence-corrected chi connectivity index (χ1v) is 14.5. The van der Waals surface area contributed by atoms with Crippen LogP contribution in [-0.4, -0.2) is 59.6 Å². The minimum Gasteiger partial charge on any atom is -0.403 e. The molecule has 0 aliphatic heterocycles. The third kappa shape index (κ3) is 9.61. The Hall–Kier alpha value is -4.27. The highest BCUT2D eigenvalue weighted by Gasteiger charge is 2.33. The maximum atomic E-state index is 15.4. The summed E-state index contributed by atoms with van der Waals surface area (Å²) in [6, 6.07) is 11.1. The van der Waals surface area contributed by atoms with Crippen molar-refractivity contribution in [2.24, 2.45) is 16.5 Å². The molecule has 1 unspecified atom stereocenters. The SMILES string of the molecule is COCC(N)CCCc1cc(OC(F)(F)F)c(F)c(-c2cc3cn(-c4ccc(CNCCCN=C(C)N)cc4)c(=O)nc3[nH]2)c1. The average Bonchev–Trinajstić information content (AvgIpc) is 3.38. The first kappa shape index (κ1) is 33.6. The largest absolute Gasteiger partial charge is 0.573 e. The van der Waals surface area contributed by atoms with Gasteiger partial charge in [-0.3, -0.25) is 9.56 Å². The Kier molecular flexibility index (Phi) is 11.3. The molecule has 6 N–H and O–H groups in total. The Balaban J connectivity index is 1.56. The van der Waals surface area contributed by atoms with Gasteiger partial charge < -0.3 is 31.2 Å². The highest BCUT2D eigenvalue weighted by atomic mass is 19.4. The number of nitrogens with two attached hydrogens (primary N) is 2. The molecule has 2 aromatic heterocycles. The van der Waals surface area contributed by atoms with Gasteiger partial charge in [0.2, 0.25) is 0 Å². The van der Waals surface area contributed by atoms with E-state index in [1.807, 2.05) is 12.1 Å². The van der Waals surface area contributed by atoms with E-state index in [2.05, 4.69) is 25.0 Å². The predicted octanol–water partition coefficient (Wildman–Crippen LogP) is 4.57. The number of alkyl halides is 3. The van der Waals surface area contributed by atoms with Gasteiger partial charge in [0.1, 0.15) is 5.65 Å². The zero-order valence-electron chi connectivity index (χ0n) is 25.1. The summed E-state index contributed by atoms with van der Waals surface area (Å²) in [6.45, 7) is 4.14. The van der Waals surface area contributed by atoms with Crippen molar-refractivity contribution in [3.8, 4) is 22.7 Å². The Labute approximate surface area is 257 Å². The van der Waals surface area contributed by atoms with Crippen molar-refractivity contribution in [2.45, 2.75) is 51.6 Å². The predicted molar refractivity (Wildman–Crippen MR) is 165 cm³/mol. The molecule has 0 bridgehead atoms. The van der Waals surface area contributed by atoms with Crippen LogP contribution in [-0.2, 0) is 17.7 Å². The molecule has 2 heterocycles. The number of aromatic amines is 1. The van der Waals surface area contributed by atoms with Crippen LogP contribution < -0.4 is 27.2 Å². The number of nitrogens with one attached hydrogen (secondary N) is 2. The first-order valence-electron chi connectivity index (χ1n) is 14.5.